The summed E-state index contributed by atoms with van der Waals surface area (Å²) in [4.78, 5) is 11.5. The van der Waals surface area contributed by atoms with Crippen molar-refractivity contribution in [1.82, 2.24) is 15.0 Å². The van der Waals surface area contributed by atoms with Gasteiger partial charge in [0.05, 0.1) is 10.3 Å². The number of halogens is 3. The second-order valence-corrected chi connectivity index (χ2v) is 5.84. The van der Waals surface area contributed by atoms with Crippen LogP contribution in [0.4, 0.5) is 8.78 Å². The summed E-state index contributed by atoms with van der Waals surface area (Å²) in [6.07, 6.45) is -2.94. The normalized spacial score (nSPS) is 11.1. The maximum absolute atomic E-state index is 12.8. The summed E-state index contributed by atoms with van der Waals surface area (Å²) in [5, 5.41) is 15.5. The Morgan fingerprint density at radius 1 is 1.56 bits per heavy atom. The first-order chi connectivity index (χ1) is 8.49. The summed E-state index contributed by atoms with van der Waals surface area (Å²) in [5.41, 5.74) is -1.38. The van der Waals surface area contributed by atoms with Crippen molar-refractivity contribution in [2.24, 2.45) is 0 Å². The third kappa shape index (κ3) is 2.56. The number of rotatable bonds is 4. The zero-order valence-corrected chi connectivity index (χ0v) is 11.1. The Morgan fingerprint density at radius 3 is 2.78 bits per heavy atom. The van der Waals surface area contributed by atoms with E-state index < -0.39 is 23.8 Å². The third-order valence-corrected chi connectivity index (χ3v) is 3.73. The number of carboxylic acids is 1. The van der Waals surface area contributed by atoms with Crippen molar-refractivity contribution in [1.29, 1.82) is 0 Å². The molecule has 0 aliphatic heterocycles. The molecular formula is C9H6BrF2N3O2S. The van der Waals surface area contributed by atoms with Gasteiger partial charge in [0.2, 0.25) is 0 Å². The number of nitrogens with zero attached hydrogens (tertiary/aromatic N) is 3. The number of aromatic carboxylic acids is 1. The average Bonchev–Trinajstić information content (AvgIpc) is 2.85. The van der Waals surface area contributed by atoms with Crippen molar-refractivity contribution in [2.75, 3.05) is 0 Å². The Balaban J connectivity index is 2.36. The van der Waals surface area contributed by atoms with Crippen LogP contribution in [0.5, 0.6) is 0 Å². The molecule has 96 valence electrons. The first kappa shape index (κ1) is 13.1. The van der Waals surface area contributed by atoms with E-state index in [4.69, 9.17) is 5.11 Å². The van der Waals surface area contributed by atoms with E-state index >= 15 is 0 Å². The Morgan fingerprint density at radius 2 is 2.28 bits per heavy atom. The largest absolute Gasteiger partial charge is 0.476 e. The van der Waals surface area contributed by atoms with Crippen molar-refractivity contribution < 1.29 is 18.7 Å². The van der Waals surface area contributed by atoms with E-state index in [2.05, 4.69) is 26.2 Å². The molecule has 1 N–H and O–H groups in total. The second-order valence-electron chi connectivity index (χ2n) is 3.29. The van der Waals surface area contributed by atoms with Gasteiger partial charge in [-0.2, -0.15) is 0 Å². The lowest BCUT2D eigenvalue weighted by molar-refractivity contribution is 0.0675. The van der Waals surface area contributed by atoms with E-state index in [9.17, 15) is 13.6 Å². The fraction of sp³-hybridized carbons (Fsp3) is 0.222. The molecule has 18 heavy (non-hydrogen) atoms. The quantitative estimate of drug-likeness (QED) is 0.931. The van der Waals surface area contributed by atoms with E-state index in [1.807, 2.05) is 0 Å². The van der Waals surface area contributed by atoms with Crippen LogP contribution in [-0.2, 0) is 6.54 Å². The number of carbonyl (C=O) groups is 1. The summed E-state index contributed by atoms with van der Waals surface area (Å²) >= 11 is 4.61. The Labute approximate surface area is 112 Å². The van der Waals surface area contributed by atoms with Crippen molar-refractivity contribution in [3.8, 4) is 0 Å². The standard InChI is InChI=1S/C9H6BrF2N3O2S/c10-5-2-1-4(18-5)3-15-7(8(11)12)6(9(16)17)13-14-15/h1-2,8H,3H2,(H,16,17). The Kier molecular flexibility index (Phi) is 3.71. The number of alkyl halides is 2. The Hall–Kier alpha value is -1.35. The van der Waals surface area contributed by atoms with Crippen molar-refractivity contribution in [3.63, 3.8) is 0 Å². The van der Waals surface area contributed by atoms with Crippen LogP contribution in [0.25, 0.3) is 0 Å². The lowest BCUT2D eigenvalue weighted by Gasteiger charge is -2.04. The van der Waals surface area contributed by atoms with E-state index in [1.54, 1.807) is 12.1 Å². The van der Waals surface area contributed by atoms with E-state index in [1.165, 1.54) is 11.3 Å². The zero-order valence-electron chi connectivity index (χ0n) is 8.68. The minimum Gasteiger partial charge on any atom is -0.476 e. The van der Waals surface area contributed by atoms with Gasteiger partial charge in [0.1, 0.15) is 5.69 Å². The van der Waals surface area contributed by atoms with Crippen LogP contribution in [0, 0.1) is 0 Å². The van der Waals surface area contributed by atoms with E-state index in [0.29, 0.717) is 0 Å². The molecule has 0 unspecified atom stereocenters. The van der Waals surface area contributed by atoms with Gasteiger partial charge in [-0.1, -0.05) is 5.21 Å². The van der Waals surface area contributed by atoms with Gasteiger partial charge in [0.25, 0.3) is 6.43 Å². The second kappa shape index (κ2) is 5.11. The molecule has 0 saturated carbocycles. The number of carboxylic acid groups (broad SMARTS) is 1. The average molecular weight is 338 g/mol. The number of thiophene rings is 1. The molecule has 5 nitrogen and oxygen atoms in total. The van der Waals surface area contributed by atoms with Crippen molar-refractivity contribution in [2.45, 2.75) is 13.0 Å². The molecule has 0 atom stereocenters. The highest BCUT2D eigenvalue weighted by atomic mass is 79.9. The van der Waals surface area contributed by atoms with Crippen LogP contribution in [0.1, 0.15) is 27.5 Å². The number of aromatic nitrogens is 3. The zero-order chi connectivity index (χ0) is 13.3. The van der Waals surface area contributed by atoms with Crippen molar-refractivity contribution in [3.05, 3.63) is 32.2 Å². The minimum atomic E-state index is -2.94. The first-order valence-electron chi connectivity index (χ1n) is 4.68. The van der Waals surface area contributed by atoms with Gasteiger partial charge < -0.3 is 5.11 Å². The van der Waals surface area contributed by atoms with E-state index in [-0.39, 0.29) is 6.54 Å². The summed E-state index contributed by atoms with van der Waals surface area (Å²) in [6, 6.07) is 3.52. The van der Waals surface area contributed by atoms with Crippen LogP contribution in [0.15, 0.2) is 15.9 Å². The van der Waals surface area contributed by atoms with E-state index in [0.717, 1.165) is 13.3 Å². The molecule has 2 aromatic rings. The topological polar surface area (TPSA) is 68.0 Å². The highest BCUT2D eigenvalue weighted by Gasteiger charge is 2.26. The van der Waals surface area contributed by atoms with Gasteiger partial charge in [-0.25, -0.2) is 18.3 Å². The highest BCUT2D eigenvalue weighted by molar-refractivity contribution is 9.11. The van der Waals surface area contributed by atoms with Gasteiger partial charge in [-0.15, -0.1) is 16.4 Å². The van der Waals surface area contributed by atoms with Gasteiger partial charge in [0, 0.05) is 4.88 Å². The lowest BCUT2D eigenvalue weighted by atomic mass is 10.3. The molecule has 0 aliphatic carbocycles. The Bertz CT molecular complexity index is 584. The highest BCUT2D eigenvalue weighted by Crippen LogP contribution is 2.26. The number of hydrogen-bond donors (Lipinski definition) is 1. The predicted octanol–water partition coefficient (Wildman–Crippen LogP) is 2.79. The molecule has 9 heteroatoms. The summed E-state index contributed by atoms with van der Waals surface area (Å²) in [5.74, 6) is -1.51. The van der Waals surface area contributed by atoms with Gasteiger partial charge in [-0.3, -0.25) is 0 Å². The van der Waals surface area contributed by atoms with Crippen LogP contribution < -0.4 is 0 Å². The molecule has 0 bridgehead atoms. The monoisotopic (exact) mass is 337 g/mol. The third-order valence-electron chi connectivity index (χ3n) is 2.12. The molecule has 2 rings (SSSR count). The minimum absolute atomic E-state index is 0.0657. The van der Waals surface area contributed by atoms with Crippen LogP contribution >= 0.6 is 27.3 Å². The van der Waals surface area contributed by atoms with Gasteiger partial charge >= 0.3 is 5.97 Å². The summed E-state index contributed by atoms with van der Waals surface area (Å²) in [7, 11) is 0. The van der Waals surface area contributed by atoms with Gasteiger partial charge in [0.15, 0.2) is 5.69 Å². The molecule has 0 fully saturated rings. The molecule has 0 radical (unpaired) electrons. The molecule has 0 spiro atoms. The fourth-order valence-corrected chi connectivity index (χ4v) is 2.86. The SMILES string of the molecule is O=C(O)c1nnn(Cc2ccc(Br)s2)c1C(F)F. The van der Waals surface area contributed by atoms with Crippen LogP contribution in [0.2, 0.25) is 0 Å². The smallest absolute Gasteiger partial charge is 0.358 e. The molecule has 0 aliphatic rings. The molecule has 0 amide bonds. The predicted molar refractivity (Wildman–Crippen MR) is 63.1 cm³/mol. The molecular weight excluding hydrogens is 332 g/mol. The van der Waals surface area contributed by atoms with Crippen LogP contribution in [-0.4, -0.2) is 26.1 Å². The summed E-state index contributed by atoms with van der Waals surface area (Å²) in [6.45, 7) is 0.0657. The maximum Gasteiger partial charge on any atom is 0.358 e. The van der Waals surface area contributed by atoms with Gasteiger partial charge in [-0.05, 0) is 28.1 Å². The van der Waals surface area contributed by atoms with Crippen molar-refractivity contribution >= 4 is 33.2 Å². The maximum atomic E-state index is 12.8. The molecule has 0 aromatic carbocycles. The molecule has 2 aromatic heterocycles. The lowest BCUT2D eigenvalue weighted by Crippen LogP contribution is -2.09. The first-order valence-corrected chi connectivity index (χ1v) is 6.29. The number of hydrogen-bond acceptors (Lipinski definition) is 4. The molecule has 0 saturated heterocycles. The fourth-order valence-electron chi connectivity index (χ4n) is 1.39. The summed E-state index contributed by atoms with van der Waals surface area (Å²) < 4.78 is 27.4. The van der Waals surface area contributed by atoms with Crippen LogP contribution in [0.3, 0.4) is 0 Å². The molecule has 2 heterocycles.